The topological polar surface area (TPSA) is 67.4 Å². The molecular weight excluding hydrogens is 196 g/mol. The molecule has 2 N–H and O–H groups in total. The average Bonchev–Trinajstić information content (AvgIpc) is 2.00. The number of ether oxygens (including phenoxy) is 1. The fourth-order valence-corrected chi connectivity index (χ4v) is 0.978. The number of amides is 2. The van der Waals surface area contributed by atoms with Gasteiger partial charge < -0.3 is 15.4 Å². The molecule has 0 aliphatic carbocycles. The zero-order valence-corrected chi connectivity index (χ0v) is 10.0. The highest BCUT2D eigenvalue weighted by molar-refractivity contribution is 6.35. The Morgan fingerprint density at radius 3 is 2.20 bits per heavy atom. The molecule has 0 spiro atoms. The Labute approximate surface area is 90.6 Å². The second kappa shape index (κ2) is 5.70. The van der Waals surface area contributed by atoms with E-state index in [2.05, 4.69) is 10.6 Å². The summed E-state index contributed by atoms with van der Waals surface area (Å²) in [7, 11) is 1.54. The molecule has 5 heteroatoms. The summed E-state index contributed by atoms with van der Waals surface area (Å²) in [5.41, 5.74) is -0.404. The first-order valence-corrected chi connectivity index (χ1v) is 4.88. The van der Waals surface area contributed by atoms with E-state index in [-0.39, 0.29) is 6.04 Å². The molecule has 0 rings (SSSR count). The minimum absolute atomic E-state index is 0.173. The highest BCUT2D eigenvalue weighted by atomic mass is 16.5. The van der Waals surface area contributed by atoms with Gasteiger partial charge in [-0.2, -0.15) is 0 Å². The lowest BCUT2D eigenvalue weighted by Gasteiger charge is -2.20. The van der Waals surface area contributed by atoms with E-state index in [1.165, 1.54) is 7.11 Å². The van der Waals surface area contributed by atoms with Gasteiger partial charge in [0.05, 0.1) is 6.61 Å². The molecular formula is C10H20N2O3. The molecule has 5 nitrogen and oxygen atoms in total. The summed E-state index contributed by atoms with van der Waals surface area (Å²) in [5.74, 6) is -1.25. The molecule has 0 aliphatic heterocycles. The molecule has 0 aromatic carbocycles. The molecule has 0 saturated carbocycles. The van der Waals surface area contributed by atoms with Crippen LogP contribution in [0.25, 0.3) is 0 Å². The van der Waals surface area contributed by atoms with Gasteiger partial charge in [-0.05, 0) is 27.7 Å². The summed E-state index contributed by atoms with van der Waals surface area (Å²) in [4.78, 5) is 22.7. The summed E-state index contributed by atoms with van der Waals surface area (Å²) in [6, 6.07) is -0.173. The van der Waals surface area contributed by atoms with Crippen LogP contribution >= 0.6 is 0 Å². The Kier molecular flexibility index (Phi) is 5.28. The first-order chi connectivity index (χ1) is 6.76. The van der Waals surface area contributed by atoms with Crippen LogP contribution in [0.5, 0.6) is 0 Å². The first kappa shape index (κ1) is 13.9. The molecule has 0 aromatic rings. The lowest BCUT2D eigenvalue weighted by molar-refractivity contribution is -0.140. The molecule has 1 atom stereocenters. The van der Waals surface area contributed by atoms with Crippen molar-refractivity contribution in [2.24, 2.45) is 0 Å². The van der Waals surface area contributed by atoms with Crippen LogP contribution in [-0.2, 0) is 14.3 Å². The third-order valence-electron chi connectivity index (χ3n) is 1.49. The van der Waals surface area contributed by atoms with Crippen LogP contribution < -0.4 is 10.6 Å². The molecule has 0 bridgehead atoms. The van der Waals surface area contributed by atoms with E-state index < -0.39 is 17.4 Å². The Morgan fingerprint density at radius 1 is 1.27 bits per heavy atom. The lowest BCUT2D eigenvalue weighted by atomic mass is 10.1. The van der Waals surface area contributed by atoms with Gasteiger partial charge in [-0.15, -0.1) is 0 Å². The number of methoxy groups -OCH3 is 1. The van der Waals surface area contributed by atoms with Crippen molar-refractivity contribution >= 4 is 11.8 Å². The van der Waals surface area contributed by atoms with Crippen molar-refractivity contribution in [3.05, 3.63) is 0 Å². The second-order valence-electron chi connectivity index (χ2n) is 4.53. The SMILES string of the molecule is COC[C@@H](C)NC(=O)C(=O)NC(C)(C)C. The number of rotatable bonds is 3. The number of hydrogen-bond acceptors (Lipinski definition) is 3. The minimum Gasteiger partial charge on any atom is -0.383 e. The predicted molar refractivity (Wildman–Crippen MR) is 57.4 cm³/mol. The molecule has 0 heterocycles. The third kappa shape index (κ3) is 6.90. The predicted octanol–water partition coefficient (Wildman–Crippen LogP) is 0.0522. The standard InChI is InChI=1S/C10H20N2O3/c1-7(6-15-5)11-8(13)9(14)12-10(2,3)4/h7H,6H2,1-5H3,(H,11,13)(H,12,14)/t7-/m1/s1. The van der Waals surface area contributed by atoms with Crippen molar-refractivity contribution in [1.29, 1.82) is 0 Å². The Balaban J connectivity index is 4.06. The zero-order valence-electron chi connectivity index (χ0n) is 10.0. The minimum atomic E-state index is -0.630. The fraction of sp³-hybridized carbons (Fsp3) is 0.800. The summed E-state index contributed by atoms with van der Waals surface area (Å²) in [5, 5.41) is 5.10. The van der Waals surface area contributed by atoms with Gasteiger partial charge in [-0.3, -0.25) is 9.59 Å². The summed E-state index contributed by atoms with van der Waals surface area (Å²) < 4.78 is 4.84. The van der Waals surface area contributed by atoms with Crippen molar-refractivity contribution < 1.29 is 14.3 Å². The van der Waals surface area contributed by atoms with Gasteiger partial charge in [0.15, 0.2) is 0 Å². The van der Waals surface area contributed by atoms with E-state index >= 15 is 0 Å². The van der Waals surface area contributed by atoms with Crippen LogP contribution in [0.2, 0.25) is 0 Å². The van der Waals surface area contributed by atoms with E-state index in [4.69, 9.17) is 4.74 Å². The molecule has 15 heavy (non-hydrogen) atoms. The van der Waals surface area contributed by atoms with Gasteiger partial charge in [0.1, 0.15) is 0 Å². The second-order valence-corrected chi connectivity index (χ2v) is 4.53. The van der Waals surface area contributed by atoms with Gasteiger partial charge in [0, 0.05) is 18.7 Å². The Hall–Kier alpha value is -1.10. The third-order valence-corrected chi connectivity index (χ3v) is 1.49. The van der Waals surface area contributed by atoms with Crippen molar-refractivity contribution in [1.82, 2.24) is 10.6 Å². The smallest absolute Gasteiger partial charge is 0.309 e. The maximum atomic E-state index is 11.3. The molecule has 88 valence electrons. The van der Waals surface area contributed by atoms with Crippen molar-refractivity contribution in [3.8, 4) is 0 Å². The molecule has 2 amide bonds. The normalized spacial score (nSPS) is 13.1. The molecule has 0 saturated heterocycles. The summed E-state index contributed by atoms with van der Waals surface area (Å²) in [6.07, 6.45) is 0. The van der Waals surface area contributed by atoms with Crippen LogP contribution in [0.1, 0.15) is 27.7 Å². The highest BCUT2D eigenvalue weighted by Crippen LogP contribution is 1.97. The average molecular weight is 216 g/mol. The van der Waals surface area contributed by atoms with E-state index in [1.807, 2.05) is 20.8 Å². The number of carbonyl (C=O) groups excluding carboxylic acids is 2. The quantitative estimate of drug-likeness (QED) is 0.655. The van der Waals surface area contributed by atoms with Gasteiger partial charge in [-0.1, -0.05) is 0 Å². The van der Waals surface area contributed by atoms with Crippen molar-refractivity contribution in [2.75, 3.05) is 13.7 Å². The molecule has 0 radical (unpaired) electrons. The van der Waals surface area contributed by atoms with E-state index in [9.17, 15) is 9.59 Å². The zero-order chi connectivity index (χ0) is 12.1. The van der Waals surface area contributed by atoms with Crippen molar-refractivity contribution in [3.63, 3.8) is 0 Å². The highest BCUT2D eigenvalue weighted by Gasteiger charge is 2.21. The maximum Gasteiger partial charge on any atom is 0.309 e. The Morgan fingerprint density at radius 2 is 1.80 bits per heavy atom. The van der Waals surface area contributed by atoms with Crippen LogP contribution in [0.4, 0.5) is 0 Å². The van der Waals surface area contributed by atoms with Gasteiger partial charge >= 0.3 is 11.8 Å². The molecule has 0 fully saturated rings. The van der Waals surface area contributed by atoms with Gasteiger partial charge in [0.2, 0.25) is 0 Å². The fourth-order valence-electron chi connectivity index (χ4n) is 0.978. The number of carbonyl (C=O) groups is 2. The Bertz CT molecular complexity index is 233. The van der Waals surface area contributed by atoms with E-state index in [0.717, 1.165) is 0 Å². The molecule has 0 aliphatic rings. The van der Waals surface area contributed by atoms with Gasteiger partial charge in [0.25, 0.3) is 0 Å². The lowest BCUT2D eigenvalue weighted by Crippen LogP contribution is -2.50. The van der Waals surface area contributed by atoms with Gasteiger partial charge in [-0.25, -0.2) is 0 Å². The van der Waals surface area contributed by atoms with Crippen molar-refractivity contribution in [2.45, 2.75) is 39.3 Å². The van der Waals surface area contributed by atoms with Crippen LogP contribution in [0, 0.1) is 0 Å². The van der Waals surface area contributed by atoms with Crippen LogP contribution in [0.15, 0.2) is 0 Å². The largest absolute Gasteiger partial charge is 0.383 e. The summed E-state index contributed by atoms with van der Waals surface area (Å²) in [6.45, 7) is 7.60. The molecule has 0 unspecified atom stereocenters. The first-order valence-electron chi connectivity index (χ1n) is 4.88. The van der Waals surface area contributed by atoms with E-state index in [0.29, 0.717) is 6.61 Å². The number of hydrogen-bond donors (Lipinski definition) is 2. The summed E-state index contributed by atoms with van der Waals surface area (Å²) >= 11 is 0. The number of nitrogens with one attached hydrogen (secondary N) is 2. The molecule has 0 aromatic heterocycles. The van der Waals surface area contributed by atoms with Crippen LogP contribution in [0.3, 0.4) is 0 Å². The maximum absolute atomic E-state index is 11.3. The van der Waals surface area contributed by atoms with E-state index in [1.54, 1.807) is 6.92 Å². The van der Waals surface area contributed by atoms with Crippen LogP contribution in [-0.4, -0.2) is 37.1 Å². The monoisotopic (exact) mass is 216 g/mol.